The standard InChI is InChI=1S/C14H21N3O3/c1-9(2)5-10(3)17(4)14(20)16-12-6-11(13(18)19)7-15-8-12/h6-10H,5H2,1-4H3,(H,16,20)(H,18,19). The molecule has 0 bridgehead atoms. The summed E-state index contributed by atoms with van der Waals surface area (Å²) in [6, 6.07) is 1.21. The lowest BCUT2D eigenvalue weighted by molar-refractivity contribution is 0.0696. The van der Waals surface area contributed by atoms with E-state index >= 15 is 0 Å². The molecule has 0 saturated carbocycles. The molecule has 1 atom stereocenters. The van der Waals surface area contributed by atoms with E-state index in [2.05, 4.69) is 24.1 Å². The first-order valence-corrected chi connectivity index (χ1v) is 6.53. The number of nitrogens with zero attached hydrogens (tertiary/aromatic N) is 2. The molecule has 0 aliphatic carbocycles. The molecule has 1 aromatic rings. The summed E-state index contributed by atoms with van der Waals surface area (Å²) >= 11 is 0. The third kappa shape index (κ3) is 4.53. The molecule has 0 radical (unpaired) electrons. The number of aromatic nitrogens is 1. The summed E-state index contributed by atoms with van der Waals surface area (Å²) in [4.78, 5) is 28.3. The average Bonchev–Trinajstić information content (AvgIpc) is 2.37. The lowest BCUT2D eigenvalue weighted by atomic mass is 10.0. The van der Waals surface area contributed by atoms with Crippen LogP contribution in [0.1, 0.15) is 37.6 Å². The number of anilines is 1. The van der Waals surface area contributed by atoms with Gasteiger partial charge < -0.3 is 15.3 Å². The van der Waals surface area contributed by atoms with Gasteiger partial charge in [-0.15, -0.1) is 0 Å². The van der Waals surface area contributed by atoms with Crippen molar-refractivity contribution in [3.8, 4) is 0 Å². The summed E-state index contributed by atoms with van der Waals surface area (Å²) in [5, 5.41) is 11.5. The van der Waals surface area contributed by atoms with Crippen molar-refractivity contribution in [2.45, 2.75) is 33.2 Å². The topological polar surface area (TPSA) is 82.5 Å². The van der Waals surface area contributed by atoms with Gasteiger partial charge in [0, 0.05) is 19.3 Å². The highest BCUT2D eigenvalue weighted by atomic mass is 16.4. The SMILES string of the molecule is CC(C)CC(C)N(C)C(=O)Nc1cncc(C(=O)O)c1. The first-order chi connectivity index (χ1) is 9.31. The zero-order valence-electron chi connectivity index (χ0n) is 12.3. The molecular weight excluding hydrogens is 258 g/mol. The monoisotopic (exact) mass is 279 g/mol. The summed E-state index contributed by atoms with van der Waals surface area (Å²) in [5.74, 6) is -0.576. The van der Waals surface area contributed by atoms with Crippen molar-refractivity contribution in [3.05, 3.63) is 24.0 Å². The minimum atomic E-state index is -1.07. The van der Waals surface area contributed by atoms with Crippen LogP contribution in [0.2, 0.25) is 0 Å². The second-order valence-electron chi connectivity index (χ2n) is 5.29. The number of aromatic carboxylic acids is 1. The number of nitrogens with one attached hydrogen (secondary N) is 1. The molecule has 1 heterocycles. The van der Waals surface area contributed by atoms with E-state index in [0.717, 1.165) is 6.42 Å². The molecule has 0 aliphatic rings. The number of carboxylic acids is 1. The zero-order valence-corrected chi connectivity index (χ0v) is 12.3. The van der Waals surface area contributed by atoms with Crippen molar-refractivity contribution >= 4 is 17.7 Å². The predicted molar refractivity (Wildman–Crippen MR) is 76.9 cm³/mol. The molecule has 6 nitrogen and oxygen atoms in total. The molecule has 0 saturated heterocycles. The summed E-state index contributed by atoms with van der Waals surface area (Å²) in [6.07, 6.45) is 3.56. The maximum Gasteiger partial charge on any atom is 0.337 e. The van der Waals surface area contributed by atoms with Crippen LogP contribution in [0.4, 0.5) is 10.5 Å². The molecule has 1 rings (SSSR count). The van der Waals surface area contributed by atoms with Crippen molar-refractivity contribution in [1.82, 2.24) is 9.88 Å². The Hall–Kier alpha value is -2.11. The highest BCUT2D eigenvalue weighted by Crippen LogP contribution is 2.13. The second kappa shape index (κ2) is 6.88. The predicted octanol–water partition coefficient (Wildman–Crippen LogP) is 2.68. The molecule has 1 aromatic heterocycles. The van der Waals surface area contributed by atoms with Crippen LogP contribution >= 0.6 is 0 Å². The largest absolute Gasteiger partial charge is 0.478 e. The third-order valence-corrected chi connectivity index (χ3v) is 3.03. The van der Waals surface area contributed by atoms with Crippen LogP contribution in [0.25, 0.3) is 0 Å². The first-order valence-electron chi connectivity index (χ1n) is 6.53. The molecule has 110 valence electrons. The Morgan fingerprint density at radius 1 is 1.35 bits per heavy atom. The summed E-state index contributed by atoms with van der Waals surface area (Å²) in [5.41, 5.74) is 0.416. The Morgan fingerprint density at radius 3 is 2.55 bits per heavy atom. The summed E-state index contributed by atoms with van der Waals surface area (Å²) < 4.78 is 0. The van der Waals surface area contributed by atoms with E-state index in [9.17, 15) is 9.59 Å². The minimum absolute atomic E-state index is 0.0423. The van der Waals surface area contributed by atoms with Gasteiger partial charge in [0.05, 0.1) is 17.4 Å². The normalized spacial score (nSPS) is 12.1. The molecule has 0 spiro atoms. The van der Waals surface area contributed by atoms with Crippen LogP contribution in [0.5, 0.6) is 0 Å². The van der Waals surface area contributed by atoms with Crippen LogP contribution < -0.4 is 5.32 Å². The van der Waals surface area contributed by atoms with E-state index in [1.165, 1.54) is 18.5 Å². The summed E-state index contributed by atoms with van der Waals surface area (Å²) in [6.45, 7) is 6.18. The average molecular weight is 279 g/mol. The van der Waals surface area contributed by atoms with Crippen LogP contribution in [0, 0.1) is 5.92 Å². The van der Waals surface area contributed by atoms with Gasteiger partial charge in [0.25, 0.3) is 0 Å². The first kappa shape index (κ1) is 15.9. The molecule has 0 aliphatic heterocycles. The van der Waals surface area contributed by atoms with Crippen LogP contribution in [0.3, 0.4) is 0 Å². The van der Waals surface area contributed by atoms with Gasteiger partial charge >= 0.3 is 12.0 Å². The van der Waals surface area contributed by atoms with Crippen molar-refractivity contribution in [1.29, 1.82) is 0 Å². The highest BCUT2D eigenvalue weighted by Gasteiger charge is 2.17. The van der Waals surface area contributed by atoms with Gasteiger partial charge in [-0.05, 0) is 25.3 Å². The Bertz CT molecular complexity index is 488. The molecule has 1 unspecified atom stereocenters. The van der Waals surface area contributed by atoms with Gasteiger partial charge in [-0.2, -0.15) is 0 Å². The van der Waals surface area contributed by atoms with E-state index in [1.54, 1.807) is 11.9 Å². The number of carbonyl (C=O) groups excluding carboxylic acids is 1. The number of carbonyl (C=O) groups is 2. The van der Waals surface area contributed by atoms with Crippen molar-refractivity contribution in [2.24, 2.45) is 5.92 Å². The van der Waals surface area contributed by atoms with E-state index in [4.69, 9.17) is 5.11 Å². The number of pyridine rings is 1. The third-order valence-electron chi connectivity index (χ3n) is 3.03. The van der Waals surface area contributed by atoms with Crippen molar-refractivity contribution in [2.75, 3.05) is 12.4 Å². The Labute approximate surface area is 118 Å². The fourth-order valence-electron chi connectivity index (χ4n) is 1.88. The van der Waals surface area contributed by atoms with Gasteiger partial charge in [0.15, 0.2) is 0 Å². The van der Waals surface area contributed by atoms with E-state index < -0.39 is 5.97 Å². The maximum absolute atomic E-state index is 12.1. The number of rotatable bonds is 5. The molecular formula is C14H21N3O3. The molecule has 20 heavy (non-hydrogen) atoms. The van der Waals surface area contributed by atoms with Gasteiger partial charge in [0.2, 0.25) is 0 Å². The molecule has 0 fully saturated rings. The smallest absolute Gasteiger partial charge is 0.337 e. The fourth-order valence-corrected chi connectivity index (χ4v) is 1.88. The molecule has 2 amide bonds. The maximum atomic E-state index is 12.1. The highest BCUT2D eigenvalue weighted by molar-refractivity contribution is 5.92. The Morgan fingerprint density at radius 2 is 2.00 bits per heavy atom. The number of carboxylic acid groups (broad SMARTS) is 1. The van der Waals surface area contributed by atoms with Gasteiger partial charge in [0.1, 0.15) is 0 Å². The molecule has 0 aromatic carbocycles. The lowest BCUT2D eigenvalue weighted by Crippen LogP contribution is -2.38. The molecule has 6 heteroatoms. The van der Waals surface area contributed by atoms with Crippen LogP contribution in [-0.4, -0.2) is 40.1 Å². The Balaban J connectivity index is 2.70. The van der Waals surface area contributed by atoms with E-state index in [-0.39, 0.29) is 17.6 Å². The van der Waals surface area contributed by atoms with Crippen LogP contribution in [-0.2, 0) is 0 Å². The van der Waals surface area contributed by atoms with Crippen LogP contribution in [0.15, 0.2) is 18.5 Å². The number of amides is 2. The zero-order chi connectivity index (χ0) is 15.3. The van der Waals surface area contributed by atoms with E-state index in [1.807, 2.05) is 6.92 Å². The van der Waals surface area contributed by atoms with Crippen molar-refractivity contribution < 1.29 is 14.7 Å². The quantitative estimate of drug-likeness (QED) is 0.868. The van der Waals surface area contributed by atoms with Crippen molar-refractivity contribution in [3.63, 3.8) is 0 Å². The second-order valence-corrected chi connectivity index (χ2v) is 5.29. The van der Waals surface area contributed by atoms with Gasteiger partial charge in [-0.1, -0.05) is 13.8 Å². The number of hydrogen-bond acceptors (Lipinski definition) is 3. The summed E-state index contributed by atoms with van der Waals surface area (Å²) in [7, 11) is 1.72. The minimum Gasteiger partial charge on any atom is -0.478 e. The fraction of sp³-hybridized carbons (Fsp3) is 0.500. The van der Waals surface area contributed by atoms with Gasteiger partial charge in [-0.25, -0.2) is 9.59 Å². The Kier molecular flexibility index (Phi) is 5.49. The van der Waals surface area contributed by atoms with Gasteiger partial charge in [-0.3, -0.25) is 4.98 Å². The number of hydrogen-bond donors (Lipinski definition) is 2. The molecule has 2 N–H and O–H groups in total. The number of urea groups is 1. The lowest BCUT2D eigenvalue weighted by Gasteiger charge is -2.26. The van der Waals surface area contributed by atoms with E-state index in [0.29, 0.717) is 11.6 Å².